The molecule has 0 aromatic heterocycles. The van der Waals surface area contributed by atoms with Crippen LogP contribution in [0.3, 0.4) is 0 Å². The minimum Gasteiger partial charge on any atom is -0.0803 e. The molecule has 0 bridgehead atoms. The molecule has 0 unspecified atom stereocenters. The molecule has 0 aromatic carbocycles. The fraction of sp³-hybridized carbons (Fsp3) is 1.00. The Morgan fingerprint density at radius 2 is 0.750 bits per heavy atom. The van der Waals surface area contributed by atoms with Gasteiger partial charge >= 0.3 is 0 Å². The molecule has 2 fully saturated rings. The van der Waals surface area contributed by atoms with Gasteiger partial charge in [0.1, 0.15) is 13.2 Å². The van der Waals surface area contributed by atoms with Crippen molar-refractivity contribution in [3.8, 4) is 0 Å². The van der Waals surface area contributed by atoms with Crippen molar-refractivity contribution in [1.82, 2.24) is 0 Å². The van der Waals surface area contributed by atoms with Crippen LogP contribution in [0.2, 0.25) is 25.3 Å². The summed E-state index contributed by atoms with van der Waals surface area (Å²) in [6, 6.07) is 0. The maximum Gasteiger partial charge on any atom is 0.109 e. The summed E-state index contributed by atoms with van der Waals surface area (Å²) in [6.45, 7) is 2.28. The second-order valence-corrected chi connectivity index (χ2v) is 4.80. The molecular formula is C10H20B2. The Balaban J connectivity index is 1.80. The van der Waals surface area contributed by atoms with Gasteiger partial charge in [-0.1, -0.05) is 63.8 Å². The van der Waals surface area contributed by atoms with E-state index in [0.29, 0.717) is 0 Å². The Morgan fingerprint density at radius 1 is 0.417 bits per heavy atom. The molecule has 0 atom stereocenters. The van der Waals surface area contributed by atoms with Crippen LogP contribution >= 0.6 is 0 Å². The molecule has 2 aliphatic heterocycles. The maximum absolute atomic E-state index is 1.56. The summed E-state index contributed by atoms with van der Waals surface area (Å²) in [5.41, 5.74) is 0. The van der Waals surface area contributed by atoms with Crippen LogP contribution in [0.4, 0.5) is 0 Å². The van der Waals surface area contributed by atoms with Crippen molar-refractivity contribution >= 4 is 13.2 Å². The number of rotatable bonds is 1. The maximum atomic E-state index is 1.56. The predicted molar refractivity (Wildman–Crippen MR) is 58.4 cm³/mol. The summed E-state index contributed by atoms with van der Waals surface area (Å²) < 4.78 is 0. The van der Waals surface area contributed by atoms with Crippen LogP contribution in [0.15, 0.2) is 0 Å². The molecule has 2 aliphatic rings. The molecule has 0 aromatic rings. The van der Waals surface area contributed by atoms with E-state index in [2.05, 4.69) is 0 Å². The molecule has 0 N–H and O–H groups in total. The van der Waals surface area contributed by atoms with Gasteiger partial charge in [-0.2, -0.15) is 0 Å². The van der Waals surface area contributed by atoms with E-state index >= 15 is 0 Å². The van der Waals surface area contributed by atoms with Gasteiger partial charge in [0.2, 0.25) is 0 Å². The molecule has 0 amide bonds. The fourth-order valence-electron chi connectivity index (χ4n) is 3.21. The van der Waals surface area contributed by atoms with Crippen LogP contribution in [0, 0.1) is 0 Å². The summed E-state index contributed by atoms with van der Waals surface area (Å²) >= 11 is 0. The number of hydrogen-bond acceptors (Lipinski definition) is 0. The SMILES string of the molecule is C1CCB(B2CCCCC2)CC1. The number of hydrogen-bond donors (Lipinski definition) is 0. The van der Waals surface area contributed by atoms with Crippen molar-refractivity contribution < 1.29 is 0 Å². The highest BCUT2D eigenvalue weighted by molar-refractivity contribution is 7.22. The zero-order valence-electron chi connectivity index (χ0n) is 8.23. The molecule has 2 saturated heterocycles. The minimum atomic E-state index is 1.14. The van der Waals surface area contributed by atoms with Crippen LogP contribution < -0.4 is 0 Å². The lowest BCUT2D eigenvalue weighted by molar-refractivity contribution is 0.714. The lowest BCUT2D eigenvalue weighted by Crippen LogP contribution is -2.37. The van der Waals surface area contributed by atoms with E-state index in [9.17, 15) is 0 Å². The molecule has 0 spiro atoms. The molecule has 2 rings (SSSR count). The van der Waals surface area contributed by atoms with Gasteiger partial charge in [0.25, 0.3) is 0 Å². The van der Waals surface area contributed by atoms with E-state index in [1.54, 1.807) is 25.3 Å². The van der Waals surface area contributed by atoms with Crippen LogP contribution in [0.25, 0.3) is 0 Å². The molecule has 0 saturated carbocycles. The molecule has 12 heavy (non-hydrogen) atoms. The van der Waals surface area contributed by atoms with Crippen molar-refractivity contribution in [2.45, 2.75) is 63.8 Å². The van der Waals surface area contributed by atoms with E-state index in [-0.39, 0.29) is 0 Å². The molecule has 2 heterocycles. The van der Waals surface area contributed by atoms with Gasteiger partial charge in [-0.25, -0.2) is 0 Å². The molecule has 0 radical (unpaired) electrons. The normalized spacial score (nSPS) is 26.0. The average Bonchev–Trinajstić information content (AvgIpc) is 2.21. The van der Waals surface area contributed by atoms with Gasteiger partial charge in [-0.15, -0.1) is 0 Å². The first-order valence-corrected chi connectivity index (χ1v) is 5.97. The van der Waals surface area contributed by atoms with Crippen molar-refractivity contribution in [2.75, 3.05) is 0 Å². The molecule has 0 nitrogen and oxygen atoms in total. The molecular weight excluding hydrogens is 142 g/mol. The fourth-order valence-corrected chi connectivity index (χ4v) is 3.21. The zero-order valence-corrected chi connectivity index (χ0v) is 8.23. The van der Waals surface area contributed by atoms with Gasteiger partial charge in [0.05, 0.1) is 0 Å². The van der Waals surface area contributed by atoms with E-state index in [4.69, 9.17) is 0 Å². The largest absolute Gasteiger partial charge is 0.109 e. The lowest BCUT2D eigenvalue weighted by Gasteiger charge is -2.28. The summed E-state index contributed by atoms with van der Waals surface area (Å²) in [5, 5.41) is 0. The van der Waals surface area contributed by atoms with Gasteiger partial charge in [-0.3, -0.25) is 0 Å². The second-order valence-electron chi connectivity index (χ2n) is 4.80. The summed E-state index contributed by atoms with van der Waals surface area (Å²) in [6.07, 6.45) is 15.4. The highest BCUT2D eigenvalue weighted by atomic mass is 14.0. The zero-order chi connectivity index (χ0) is 8.23. The van der Waals surface area contributed by atoms with Crippen molar-refractivity contribution in [3.05, 3.63) is 0 Å². The highest BCUT2D eigenvalue weighted by Gasteiger charge is 2.29. The van der Waals surface area contributed by atoms with Crippen LogP contribution in [-0.4, -0.2) is 13.2 Å². The van der Waals surface area contributed by atoms with E-state index in [1.807, 2.05) is 0 Å². The van der Waals surface area contributed by atoms with E-state index in [1.165, 1.54) is 38.5 Å². The van der Waals surface area contributed by atoms with Crippen LogP contribution in [0.5, 0.6) is 0 Å². The minimum absolute atomic E-state index is 1.14. The van der Waals surface area contributed by atoms with Gasteiger partial charge in [0.15, 0.2) is 0 Å². The second kappa shape index (κ2) is 4.39. The molecule has 66 valence electrons. The Bertz CT molecular complexity index is 108. The van der Waals surface area contributed by atoms with E-state index in [0.717, 1.165) is 13.2 Å². The van der Waals surface area contributed by atoms with Gasteiger partial charge in [-0.05, 0) is 0 Å². The first-order valence-electron chi connectivity index (χ1n) is 5.97. The summed E-state index contributed by atoms with van der Waals surface area (Å²) in [5.74, 6) is 0. The van der Waals surface area contributed by atoms with Crippen molar-refractivity contribution in [3.63, 3.8) is 0 Å². The molecule has 2 heteroatoms. The van der Waals surface area contributed by atoms with Gasteiger partial charge < -0.3 is 0 Å². The standard InChI is InChI=1S/C10H20B2/c1-3-7-11(8-4-1)12-9-5-2-6-10-12/h1-10H2. The Labute approximate surface area is 77.6 Å². The topological polar surface area (TPSA) is 0 Å². The van der Waals surface area contributed by atoms with E-state index < -0.39 is 0 Å². The Hall–Kier alpha value is 0.130. The third-order valence-corrected chi connectivity index (χ3v) is 3.97. The van der Waals surface area contributed by atoms with Crippen LogP contribution in [-0.2, 0) is 0 Å². The Kier molecular flexibility index (Phi) is 3.19. The Morgan fingerprint density at radius 3 is 1.08 bits per heavy atom. The summed E-state index contributed by atoms with van der Waals surface area (Å²) in [7, 11) is 0. The van der Waals surface area contributed by atoms with Crippen LogP contribution in [0.1, 0.15) is 38.5 Å². The average molecular weight is 162 g/mol. The highest BCUT2D eigenvalue weighted by Crippen LogP contribution is 2.28. The van der Waals surface area contributed by atoms with Crippen molar-refractivity contribution in [2.24, 2.45) is 0 Å². The third-order valence-electron chi connectivity index (χ3n) is 3.97. The predicted octanol–water partition coefficient (Wildman–Crippen LogP) is 3.42. The van der Waals surface area contributed by atoms with Crippen molar-refractivity contribution in [1.29, 1.82) is 0 Å². The monoisotopic (exact) mass is 162 g/mol. The summed E-state index contributed by atoms with van der Waals surface area (Å²) in [4.78, 5) is 0. The quantitative estimate of drug-likeness (QED) is 0.518. The molecule has 0 aliphatic carbocycles. The third kappa shape index (κ3) is 2.08. The lowest BCUT2D eigenvalue weighted by atomic mass is 9.03. The first kappa shape index (κ1) is 8.72. The first-order chi connectivity index (χ1) is 5.97. The van der Waals surface area contributed by atoms with Gasteiger partial charge in [0, 0.05) is 0 Å². The smallest absolute Gasteiger partial charge is 0.0803 e.